The van der Waals surface area contributed by atoms with Crippen LogP contribution in [0.1, 0.15) is 49.7 Å². The number of guanidine groups is 2. The number of aliphatic imine (C=N–C) groups is 2. The Kier molecular flexibility index (Phi) is 17.7. The molecule has 19 nitrogen and oxygen atoms in total. The second-order valence-electron chi connectivity index (χ2n) is 15.2. The number of fused-ring (bicyclic) bond motifs is 2. The number of nitrogens with one attached hydrogen (secondary N) is 5. The fourth-order valence-electron chi connectivity index (χ4n) is 6.72. The van der Waals surface area contributed by atoms with Crippen molar-refractivity contribution >= 4 is 114 Å². The first-order valence-electron chi connectivity index (χ1n) is 20.6. The number of hydrogen-bond acceptors (Lipinski definition) is 12. The monoisotopic (exact) mass is 1010 g/mol. The molecule has 0 aliphatic carbocycles. The smallest absolute Gasteiger partial charge is 0.370 e. The van der Waals surface area contributed by atoms with E-state index in [2.05, 4.69) is 41.6 Å². The molecule has 0 spiro atoms. The molecule has 6 amide bonds. The van der Waals surface area contributed by atoms with Crippen LogP contribution in [0.2, 0.25) is 0 Å². The van der Waals surface area contributed by atoms with Crippen LogP contribution in [0, 0.1) is 0 Å². The summed E-state index contributed by atoms with van der Waals surface area (Å²) in [6.45, 7) is 0.631. The normalized spacial score (nSPS) is 15.8. The molecule has 1 aliphatic heterocycles. The molecule has 0 radical (unpaired) electrons. The number of alkyl halides is 6. The molecular weight excluding hydrogens is 965 g/mol. The minimum atomic E-state index is -4.87. The van der Waals surface area contributed by atoms with Gasteiger partial charge in [0, 0.05) is 43.6 Å². The van der Waals surface area contributed by atoms with E-state index in [1.165, 1.54) is 25.2 Å². The highest BCUT2D eigenvalue weighted by atomic mass is 32.2. The van der Waals surface area contributed by atoms with Crippen LogP contribution in [0.3, 0.4) is 0 Å². The highest BCUT2D eigenvalue weighted by Gasteiger charge is 2.47. The number of thiazole rings is 1. The van der Waals surface area contributed by atoms with Crippen molar-refractivity contribution in [3.8, 4) is 0 Å². The Labute approximate surface area is 397 Å². The van der Waals surface area contributed by atoms with Gasteiger partial charge in [-0.25, -0.2) is 23.9 Å². The van der Waals surface area contributed by atoms with Crippen LogP contribution in [0.15, 0.2) is 62.2 Å². The second kappa shape index (κ2) is 22.8. The van der Waals surface area contributed by atoms with Gasteiger partial charge >= 0.3 is 30.3 Å². The van der Waals surface area contributed by atoms with E-state index >= 15 is 0 Å². The van der Waals surface area contributed by atoms with Gasteiger partial charge in [0.1, 0.15) is 0 Å². The largest absolute Gasteiger partial charge is 0.416 e. The molecule has 368 valence electrons. The van der Waals surface area contributed by atoms with E-state index in [0.717, 1.165) is 59.1 Å². The number of hydrogen-bond donors (Lipinski definition) is 11. The summed E-state index contributed by atoms with van der Waals surface area (Å²) < 4.78 is 85.0. The lowest BCUT2D eigenvalue weighted by atomic mass is 10.1. The molecule has 1 aromatic heterocycles. The molecule has 5 rings (SSSR count). The highest BCUT2D eigenvalue weighted by molar-refractivity contribution is 8.00. The minimum absolute atomic E-state index is 0.0139. The zero-order valence-corrected chi connectivity index (χ0v) is 38.7. The Balaban J connectivity index is 1.32. The molecule has 0 fully saturated rings. The summed E-state index contributed by atoms with van der Waals surface area (Å²) >= 11 is 3.05. The lowest BCUT2D eigenvalue weighted by Crippen LogP contribution is -2.64. The van der Waals surface area contributed by atoms with Crippen LogP contribution in [0.5, 0.6) is 0 Å². The van der Waals surface area contributed by atoms with Crippen molar-refractivity contribution in [1.82, 2.24) is 9.47 Å². The number of nitrogens with two attached hydrogens (primary N) is 6. The van der Waals surface area contributed by atoms with E-state index in [0.29, 0.717) is 35.9 Å². The third-order valence-electron chi connectivity index (χ3n) is 10.1. The molecule has 4 aromatic rings. The van der Waals surface area contributed by atoms with Crippen molar-refractivity contribution in [3.05, 3.63) is 53.6 Å². The Bertz CT molecular complexity index is 2570. The lowest BCUT2D eigenvalue weighted by molar-refractivity contribution is -0.138. The van der Waals surface area contributed by atoms with E-state index in [9.17, 15) is 45.5 Å². The number of anilines is 5. The number of urea groups is 2. The fourth-order valence-corrected chi connectivity index (χ4v) is 9.77. The van der Waals surface area contributed by atoms with Crippen molar-refractivity contribution in [2.24, 2.45) is 44.4 Å². The van der Waals surface area contributed by atoms with Crippen molar-refractivity contribution in [2.45, 2.75) is 66.8 Å². The number of thioether (sulfide) groups is 2. The van der Waals surface area contributed by atoms with Gasteiger partial charge in [-0.2, -0.15) is 26.3 Å². The van der Waals surface area contributed by atoms with Crippen molar-refractivity contribution in [2.75, 3.05) is 64.8 Å². The zero-order chi connectivity index (χ0) is 50.0. The van der Waals surface area contributed by atoms with E-state index in [1.54, 1.807) is 0 Å². The van der Waals surface area contributed by atoms with Gasteiger partial charge < -0.3 is 49.9 Å². The fraction of sp³-hybridized carbons (Fsp3) is 0.375. The molecular formula is C40H50F6N15O4S3+. The van der Waals surface area contributed by atoms with Crippen molar-refractivity contribution in [1.29, 1.82) is 0 Å². The second-order valence-corrected chi connectivity index (χ2v) is 18.4. The molecule has 3 aromatic carbocycles. The van der Waals surface area contributed by atoms with Crippen LogP contribution in [0.25, 0.3) is 10.2 Å². The van der Waals surface area contributed by atoms with Crippen LogP contribution in [0.4, 0.5) is 69.5 Å². The Morgan fingerprint density at radius 3 is 1.97 bits per heavy atom. The Morgan fingerprint density at radius 2 is 1.35 bits per heavy atom. The van der Waals surface area contributed by atoms with Gasteiger partial charge in [0.05, 0.1) is 67.4 Å². The van der Waals surface area contributed by atoms with Gasteiger partial charge in [0.15, 0.2) is 28.9 Å². The average Bonchev–Trinajstić information content (AvgIpc) is 3.64. The van der Waals surface area contributed by atoms with E-state index in [1.807, 2.05) is 0 Å². The van der Waals surface area contributed by atoms with Gasteiger partial charge in [-0.05, 0) is 62.1 Å². The number of benzene rings is 3. The first-order valence-corrected chi connectivity index (χ1v) is 23.4. The number of nitrogens with zero attached hydrogens (tertiary/aromatic N) is 4. The summed E-state index contributed by atoms with van der Waals surface area (Å²) in [5.74, 6) is -0.901. The number of carbonyl (C=O) groups is 4. The number of amides is 6. The number of carbonyl (C=O) groups excluding carboxylic acids is 4. The van der Waals surface area contributed by atoms with Crippen LogP contribution in [-0.4, -0.2) is 85.1 Å². The third-order valence-corrected chi connectivity index (χ3v) is 13.4. The Morgan fingerprint density at radius 1 is 0.779 bits per heavy atom. The first kappa shape index (κ1) is 52.9. The predicted molar refractivity (Wildman–Crippen MR) is 257 cm³/mol. The lowest BCUT2D eigenvalue weighted by Gasteiger charge is -2.41. The molecule has 68 heavy (non-hydrogen) atoms. The Hall–Kier alpha value is -6.07. The molecule has 0 bridgehead atoms. The maximum absolute atomic E-state index is 14.3. The summed E-state index contributed by atoms with van der Waals surface area (Å²) in [6, 6.07) is 5.64. The van der Waals surface area contributed by atoms with Crippen LogP contribution >= 0.6 is 34.9 Å². The number of aromatic nitrogens is 1. The van der Waals surface area contributed by atoms with Gasteiger partial charge in [-0.15, -0.1) is 23.5 Å². The minimum Gasteiger partial charge on any atom is -0.370 e. The zero-order valence-electron chi connectivity index (χ0n) is 36.3. The maximum atomic E-state index is 14.3. The molecule has 2 heterocycles. The van der Waals surface area contributed by atoms with Gasteiger partial charge in [0.2, 0.25) is 5.91 Å². The number of halogens is 6. The number of quaternary nitrogens is 1. The molecule has 2 atom stereocenters. The molecule has 1 aliphatic rings. The molecule has 28 heteroatoms. The van der Waals surface area contributed by atoms with Gasteiger partial charge in [0.25, 0.3) is 0 Å². The van der Waals surface area contributed by atoms with Crippen LogP contribution < -0.4 is 65.5 Å². The predicted octanol–water partition coefficient (Wildman–Crippen LogP) is 6.35. The summed E-state index contributed by atoms with van der Waals surface area (Å²) in [5, 5.41) is 12.5. The maximum Gasteiger partial charge on any atom is 0.416 e. The number of unbranched alkanes of at least 4 members (excludes halogenated alkanes) is 2. The average molecular weight is 1020 g/mol. The summed E-state index contributed by atoms with van der Waals surface area (Å²) in [4.78, 5) is 65.7. The highest BCUT2D eigenvalue weighted by Crippen LogP contribution is 2.49. The molecule has 0 saturated heterocycles. The van der Waals surface area contributed by atoms with Crippen molar-refractivity contribution < 1.29 is 45.5 Å². The molecule has 2 unspecified atom stereocenters. The topological polar surface area (TPSA) is 322 Å². The summed E-state index contributed by atoms with van der Waals surface area (Å²) in [7, 11) is 1.44. The number of rotatable bonds is 18. The van der Waals surface area contributed by atoms with E-state index in [-0.39, 0.29) is 99.3 Å². The SMILES string of the molecule is C[N+]1(C(=O)CCCCN=C(N)N)c2cc(C(F)(F)F)cc(NC(=O)Nc3nc4ccc(NC(=O)Nc5cc(C(F)(F)F)cc(NC(=O)CCCCN=C(N)N)c5SCCN)cc4s3)c2SCC1N. The van der Waals surface area contributed by atoms with Gasteiger partial charge in [-0.1, -0.05) is 11.3 Å². The summed E-state index contributed by atoms with van der Waals surface area (Å²) in [6.07, 6.45) is -9.18. The van der Waals surface area contributed by atoms with E-state index in [4.69, 9.17) is 34.4 Å². The van der Waals surface area contributed by atoms with Gasteiger partial charge in [-0.3, -0.25) is 25.8 Å². The summed E-state index contributed by atoms with van der Waals surface area (Å²) in [5.41, 5.74) is 31.0. The molecule has 0 saturated carbocycles. The van der Waals surface area contributed by atoms with Crippen LogP contribution in [-0.2, 0) is 21.9 Å². The third kappa shape index (κ3) is 14.0. The van der Waals surface area contributed by atoms with Crippen molar-refractivity contribution in [3.63, 3.8) is 0 Å². The molecule has 17 N–H and O–H groups in total. The first-order chi connectivity index (χ1) is 32.0. The standard InChI is InChI=1S/C40H49F6N15O4S3/c1-61(31(63)7-3-5-12-54-35(51)52)27-17-21(40(44,45)46)16-26(33(27)67-19-29(61)48)58-37(65)60-38-59-23-9-8-22(18-28(23)68-38)55-36(64)57-25-15-20(39(41,42)43)14-24(32(25)66-13-10-47)56-30(62)6-2-4-11-53-34(49)50/h8-9,14-18,29H,2-7,10-13,19,47-48H2,1H3,(H12-,49,50,51,52,53,54,55,56,57,58,59,60,62,64,65)/p+1. The van der Waals surface area contributed by atoms with E-state index < -0.39 is 58.0 Å². The quantitative estimate of drug-likeness (QED) is 0.0129.